The second kappa shape index (κ2) is 11.8. The van der Waals surface area contributed by atoms with Crippen LogP contribution in [-0.2, 0) is 16.0 Å². The number of hydrogen-bond donors (Lipinski definition) is 0. The van der Waals surface area contributed by atoms with Gasteiger partial charge in [-0.2, -0.15) is 0 Å². The van der Waals surface area contributed by atoms with E-state index in [0.717, 1.165) is 45.3 Å². The van der Waals surface area contributed by atoms with E-state index in [-0.39, 0.29) is 5.97 Å². The number of rotatable bonds is 10. The molecule has 0 radical (unpaired) electrons. The van der Waals surface area contributed by atoms with E-state index < -0.39 is 0 Å². The van der Waals surface area contributed by atoms with Crippen LogP contribution in [0.4, 0.5) is 0 Å². The van der Waals surface area contributed by atoms with Crippen LogP contribution in [0.1, 0.15) is 37.0 Å². The predicted molar refractivity (Wildman–Crippen MR) is 131 cm³/mol. The molecule has 33 heavy (non-hydrogen) atoms. The molecule has 0 aliphatic heterocycles. The lowest BCUT2D eigenvalue weighted by Crippen LogP contribution is -2.05. The van der Waals surface area contributed by atoms with Crippen LogP contribution < -0.4 is 14.2 Å². The summed E-state index contributed by atoms with van der Waals surface area (Å²) in [5, 5.41) is 0. The zero-order chi connectivity index (χ0) is 23.6. The lowest BCUT2D eigenvalue weighted by Gasteiger charge is -2.09. The van der Waals surface area contributed by atoms with E-state index in [4.69, 9.17) is 18.9 Å². The molecular weight excluding hydrogens is 416 g/mol. The molecule has 0 saturated heterocycles. The lowest BCUT2D eigenvalue weighted by atomic mass is 10.0. The Morgan fingerprint density at radius 2 is 1.39 bits per heavy atom. The smallest absolute Gasteiger partial charge is 0.306 e. The molecule has 5 heteroatoms. The third-order valence-electron chi connectivity index (χ3n) is 5.15. The van der Waals surface area contributed by atoms with Crippen LogP contribution in [-0.4, -0.2) is 26.8 Å². The normalized spacial score (nSPS) is 11.1. The number of esters is 1. The van der Waals surface area contributed by atoms with Crippen molar-refractivity contribution in [1.82, 2.24) is 0 Å². The van der Waals surface area contributed by atoms with Crippen molar-refractivity contribution in [1.29, 1.82) is 0 Å². The number of carbonyl (C=O) groups is 1. The Balaban J connectivity index is 1.63. The number of hydrogen-bond acceptors (Lipinski definition) is 5. The Hall–Kier alpha value is -3.73. The molecule has 0 saturated carbocycles. The van der Waals surface area contributed by atoms with Crippen molar-refractivity contribution in [2.75, 3.05) is 20.8 Å². The summed E-state index contributed by atoms with van der Waals surface area (Å²) in [7, 11) is 3.29. The van der Waals surface area contributed by atoms with Gasteiger partial charge in [0.1, 0.15) is 23.0 Å². The van der Waals surface area contributed by atoms with Gasteiger partial charge in [0.2, 0.25) is 0 Å². The first-order chi connectivity index (χ1) is 16.0. The zero-order valence-corrected chi connectivity index (χ0v) is 19.6. The van der Waals surface area contributed by atoms with Gasteiger partial charge in [0.05, 0.1) is 20.8 Å². The maximum atomic E-state index is 11.5. The minimum absolute atomic E-state index is 0.173. The first kappa shape index (κ1) is 23.9. The van der Waals surface area contributed by atoms with E-state index in [1.54, 1.807) is 14.2 Å². The predicted octanol–water partition coefficient (Wildman–Crippen LogP) is 6.55. The lowest BCUT2D eigenvalue weighted by molar-refractivity contribution is -0.143. The molecule has 3 aromatic rings. The van der Waals surface area contributed by atoms with Crippen molar-refractivity contribution in [3.8, 4) is 23.0 Å². The number of carbonyl (C=O) groups excluding carboxylic acids is 1. The molecule has 0 N–H and O–H groups in total. The molecule has 0 aromatic heterocycles. The van der Waals surface area contributed by atoms with Crippen molar-refractivity contribution >= 4 is 17.6 Å². The number of ether oxygens (including phenoxy) is 4. The molecule has 0 spiro atoms. The number of aryl methyl sites for hydroxylation is 1. The van der Waals surface area contributed by atoms with Crippen LogP contribution in [0.3, 0.4) is 0 Å². The van der Waals surface area contributed by atoms with Crippen LogP contribution in [0, 0.1) is 0 Å². The molecule has 0 amide bonds. The van der Waals surface area contributed by atoms with Crippen molar-refractivity contribution in [2.24, 2.45) is 0 Å². The molecule has 3 rings (SSSR count). The minimum Gasteiger partial charge on any atom is -0.497 e. The van der Waals surface area contributed by atoms with E-state index in [1.165, 1.54) is 0 Å². The quantitative estimate of drug-likeness (QED) is 0.261. The SMILES string of the molecule is CCOC(=O)CCc1ccc(Oc2ccc(/C(C)=C\c3cc(OC)cc(OC)c3)cc2)cc1. The van der Waals surface area contributed by atoms with Gasteiger partial charge >= 0.3 is 5.97 Å². The first-order valence-electron chi connectivity index (χ1n) is 10.9. The summed E-state index contributed by atoms with van der Waals surface area (Å²) < 4.78 is 21.6. The van der Waals surface area contributed by atoms with E-state index in [0.29, 0.717) is 19.4 Å². The summed E-state index contributed by atoms with van der Waals surface area (Å²) in [6, 6.07) is 21.5. The summed E-state index contributed by atoms with van der Waals surface area (Å²) in [4.78, 5) is 11.5. The Labute approximate surface area is 195 Å². The average Bonchev–Trinajstić information content (AvgIpc) is 2.84. The second-order valence-corrected chi connectivity index (χ2v) is 7.55. The van der Waals surface area contributed by atoms with Crippen molar-refractivity contribution in [3.63, 3.8) is 0 Å². The molecule has 3 aromatic carbocycles. The van der Waals surface area contributed by atoms with Crippen LogP contribution in [0.5, 0.6) is 23.0 Å². The van der Waals surface area contributed by atoms with Crippen LogP contribution in [0.15, 0.2) is 66.7 Å². The largest absolute Gasteiger partial charge is 0.497 e. The molecule has 0 aliphatic carbocycles. The highest BCUT2D eigenvalue weighted by Crippen LogP contribution is 2.28. The van der Waals surface area contributed by atoms with Gasteiger partial charge in [-0.25, -0.2) is 0 Å². The van der Waals surface area contributed by atoms with Gasteiger partial charge in [-0.15, -0.1) is 0 Å². The van der Waals surface area contributed by atoms with Gasteiger partial charge in [-0.3, -0.25) is 4.79 Å². The maximum Gasteiger partial charge on any atom is 0.306 e. The molecule has 0 aliphatic rings. The summed E-state index contributed by atoms with van der Waals surface area (Å²) in [6.45, 7) is 4.29. The van der Waals surface area contributed by atoms with Gasteiger partial charge in [0, 0.05) is 12.5 Å². The Morgan fingerprint density at radius 1 is 0.818 bits per heavy atom. The van der Waals surface area contributed by atoms with Crippen molar-refractivity contribution in [2.45, 2.75) is 26.7 Å². The zero-order valence-electron chi connectivity index (χ0n) is 19.6. The first-order valence-corrected chi connectivity index (χ1v) is 10.9. The minimum atomic E-state index is -0.173. The van der Waals surface area contributed by atoms with Gasteiger partial charge < -0.3 is 18.9 Å². The van der Waals surface area contributed by atoms with Crippen LogP contribution >= 0.6 is 0 Å². The average molecular weight is 447 g/mol. The number of methoxy groups -OCH3 is 2. The highest BCUT2D eigenvalue weighted by atomic mass is 16.5. The topological polar surface area (TPSA) is 54.0 Å². The fourth-order valence-corrected chi connectivity index (χ4v) is 3.37. The Morgan fingerprint density at radius 3 is 1.94 bits per heavy atom. The summed E-state index contributed by atoms with van der Waals surface area (Å²) in [6.07, 6.45) is 3.12. The molecule has 0 fully saturated rings. The third kappa shape index (κ3) is 7.14. The standard InChI is InChI=1S/C28H30O5/c1-5-32-28(29)15-8-21-6-11-24(12-7-21)33-25-13-9-23(10-14-25)20(2)16-22-17-26(30-3)19-27(18-22)31-4/h6-7,9-14,16-19H,5,8,15H2,1-4H3/b20-16-. The van der Waals surface area contributed by atoms with Crippen LogP contribution in [0.25, 0.3) is 11.6 Å². The van der Waals surface area contributed by atoms with Gasteiger partial charge in [0.25, 0.3) is 0 Å². The third-order valence-corrected chi connectivity index (χ3v) is 5.15. The summed E-state index contributed by atoms with van der Waals surface area (Å²) in [5.41, 5.74) is 4.29. The van der Waals surface area contributed by atoms with Crippen molar-refractivity contribution < 1.29 is 23.7 Å². The van der Waals surface area contributed by atoms with E-state index >= 15 is 0 Å². The molecule has 172 valence electrons. The van der Waals surface area contributed by atoms with Crippen molar-refractivity contribution in [3.05, 3.63) is 83.4 Å². The Kier molecular flexibility index (Phi) is 8.53. The van der Waals surface area contributed by atoms with E-state index in [9.17, 15) is 4.79 Å². The van der Waals surface area contributed by atoms with E-state index in [2.05, 4.69) is 13.0 Å². The van der Waals surface area contributed by atoms with Crippen LogP contribution in [0.2, 0.25) is 0 Å². The number of allylic oxidation sites excluding steroid dienone is 1. The molecule has 0 heterocycles. The maximum absolute atomic E-state index is 11.5. The molecule has 5 nitrogen and oxygen atoms in total. The summed E-state index contributed by atoms with van der Waals surface area (Å²) in [5.74, 6) is 2.84. The number of benzene rings is 3. The highest BCUT2D eigenvalue weighted by Gasteiger charge is 2.05. The van der Waals surface area contributed by atoms with Gasteiger partial charge in [0.15, 0.2) is 0 Å². The van der Waals surface area contributed by atoms with Gasteiger partial charge in [-0.1, -0.05) is 30.3 Å². The molecular formula is C28H30O5. The monoisotopic (exact) mass is 446 g/mol. The second-order valence-electron chi connectivity index (χ2n) is 7.55. The fraction of sp³-hybridized carbons (Fsp3) is 0.250. The molecule has 0 unspecified atom stereocenters. The molecule has 0 bridgehead atoms. The Bertz CT molecular complexity index is 1060. The van der Waals surface area contributed by atoms with E-state index in [1.807, 2.05) is 73.7 Å². The van der Waals surface area contributed by atoms with Gasteiger partial charge in [-0.05, 0) is 78.9 Å². The highest BCUT2D eigenvalue weighted by molar-refractivity contribution is 5.81. The summed E-state index contributed by atoms with van der Waals surface area (Å²) >= 11 is 0. The molecule has 0 atom stereocenters. The fourth-order valence-electron chi connectivity index (χ4n) is 3.37.